The standard InChI is InChI=1S/C21H19BrN2O6/c1-3-8-30-18-11-16(22)12(10-17(18)29-2)9-15-19(26)23-21(28)24(20(15)27)13-4-6-14(25)7-5-13/h4-7,9-11,25H,3,8H2,1-2H3,(H,23,26,28)/b15-9-. The van der Waals surface area contributed by atoms with Gasteiger partial charge in [-0.2, -0.15) is 0 Å². The van der Waals surface area contributed by atoms with Gasteiger partial charge in [-0.3, -0.25) is 14.9 Å². The van der Waals surface area contributed by atoms with Gasteiger partial charge in [-0.15, -0.1) is 0 Å². The Balaban J connectivity index is 2.01. The second-order valence-corrected chi connectivity index (χ2v) is 7.20. The summed E-state index contributed by atoms with van der Waals surface area (Å²) in [7, 11) is 1.49. The Labute approximate surface area is 181 Å². The molecule has 4 amide bonds. The highest BCUT2D eigenvalue weighted by Gasteiger charge is 2.37. The number of methoxy groups -OCH3 is 1. The molecule has 0 aromatic heterocycles. The Morgan fingerprint density at radius 1 is 1.13 bits per heavy atom. The van der Waals surface area contributed by atoms with E-state index >= 15 is 0 Å². The highest BCUT2D eigenvalue weighted by atomic mass is 79.9. The Kier molecular flexibility index (Phi) is 6.41. The smallest absolute Gasteiger partial charge is 0.335 e. The average molecular weight is 475 g/mol. The zero-order chi connectivity index (χ0) is 21.8. The first kappa shape index (κ1) is 21.4. The maximum absolute atomic E-state index is 13.0. The van der Waals surface area contributed by atoms with Gasteiger partial charge in [0.2, 0.25) is 0 Å². The van der Waals surface area contributed by atoms with E-state index in [1.165, 1.54) is 37.5 Å². The number of aromatic hydroxyl groups is 1. The van der Waals surface area contributed by atoms with Crippen LogP contribution in [0.5, 0.6) is 17.2 Å². The van der Waals surface area contributed by atoms with E-state index < -0.39 is 17.8 Å². The number of urea groups is 1. The zero-order valence-corrected chi connectivity index (χ0v) is 17.9. The van der Waals surface area contributed by atoms with Crippen LogP contribution in [0.15, 0.2) is 46.4 Å². The number of rotatable bonds is 6. The summed E-state index contributed by atoms with van der Waals surface area (Å²) in [4.78, 5) is 38.4. The van der Waals surface area contributed by atoms with E-state index in [0.29, 0.717) is 28.1 Å². The molecule has 30 heavy (non-hydrogen) atoms. The van der Waals surface area contributed by atoms with Crippen molar-refractivity contribution >= 4 is 45.5 Å². The van der Waals surface area contributed by atoms with Crippen LogP contribution in [0.2, 0.25) is 0 Å². The van der Waals surface area contributed by atoms with Crippen molar-refractivity contribution in [1.29, 1.82) is 0 Å². The molecule has 1 saturated heterocycles. The van der Waals surface area contributed by atoms with Gasteiger partial charge in [0.05, 0.1) is 19.4 Å². The third-order valence-electron chi connectivity index (χ3n) is 4.25. The number of ether oxygens (including phenoxy) is 2. The number of barbiturate groups is 1. The molecule has 0 radical (unpaired) electrons. The summed E-state index contributed by atoms with van der Waals surface area (Å²) in [6.07, 6.45) is 2.19. The monoisotopic (exact) mass is 474 g/mol. The predicted octanol–water partition coefficient (Wildman–Crippen LogP) is 3.62. The number of nitrogens with one attached hydrogen (secondary N) is 1. The van der Waals surface area contributed by atoms with Crippen LogP contribution in [0.3, 0.4) is 0 Å². The molecule has 2 aromatic carbocycles. The van der Waals surface area contributed by atoms with Gasteiger partial charge in [-0.1, -0.05) is 22.9 Å². The predicted molar refractivity (Wildman–Crippen MR) is 114 cm³/mol. The van der Waals surface area contributed by atoms with E-state index in [9.17, 15) is 19.5 Å². The summed E-state index contributed by atoms with van der Waals surface area (Å²) in [6.45, 7) is 2.49. The number of carbonyl (C=O) groups is 3. The lowest BCUT2D eigenvalue weighted by Gasteiger charge is -2.26. The van der Waals surface area contributed by atoms with Gasteiger partial charge in [-0.25, -0.2) is 9.69 Å². The Morgan fingerprint density at radius 2 is 1.83 bits per heavy atom. The molecule has 0 saturated carbocycles. The lowest BCUT2D eigenvalue weighted by molar-refractivity contribution is -0.122. The van der Waals surface area contributed by atoms with Crippen molar-refractivity contribution < 1.29 is 29.0 Å². The van der Waals surface area contributed by atoms with Gasteiger partial charge in [0.25, 0.3) is 11.8 Å². The lowest BCUT2D eigenvalue weighted by atomic mass is 10.1. The lowest BCUT2D eigenvalue weighted by Crippen LogP contribution is -2.54. The number of imide groups is 2. The molecule has 1 aliphatic heterocycles. The molecule has 2 aromatic rings. The van der Waals surface area contributed by atoms with E-state index in [1.807, 2.05) is 6.92 Å². The zero-order valence-electron chi connectivity index (χ0n) is 16.3. The molecule has 0 spiro atoms. The van der Waals surface area contributed by atoms with Gasteiger partial charge in [0.1, 0.15) is 11.3 Å². The van der Waals surface area contributed by atoms with Gasteiger partial charge in [-0.05, 0) is 54.5 Å². The van der Waals surface area contributed by atoms with E-state index in [2.05, 4.69) is 21.2 Å². The Hall–Kier alpha value is -3.33. The van der Waals surface area contributed by atoms with Gasteiger partial charge in [0.15, 0.2) is 11.5 Å². The summed E-state index contributed by atoms with van der Waals surface area (Å²) in [5, 5.41) is 11.6. The van der Waals surface area contributed by atoms with Gasteiger partial charge in [0, 0.05) is 4.47 Å². The normalized spacial score (nSPS) is 15.4. The number of amides is 4. The van der Waals surface area contributed by atoms with Crippen LogP contribution in [0.25, 0.3) is 6.08 Å². The minimum atomic E-state index is -0.868. The molecule has 0 unspecified atom stereocenters. The minimum absolute atomic E-state index is 0.0168. The van der Waals surface area contributed by atoms with Crippen LogP contribution >= 0.6 is 15.9 Å². The molecule has 0 aliphatic carbocycles. The number of halogens is 1. The van der Waals surface area contributed by atoms with E-state index in [4.69, 9.17) is 9.47 Å². The third-order valence-corrected chi connectivity index (χ3v) is 4.94. The quantitative estimate of drug-likeness (QED) is 0.489. The first-order valence-electron chi connectivity index (χ1n) is 9.06. The van der Waals surface area contributed by atoms with Crippen LogP contribution in [0.1, 0.15) is 18.9 Å². The molecule has 3 rings (SSSR count). The van der Waals surface area contributed by atoms with E-state index in [-0.39, 0.29) is 17.0 Å². The summed E-state index contributed by atoms with van der Waals surface area (Å²) in [5.74, 6) is -0.650. The van der Waals surface area contributed by atoms with Crippen LogP contribution < -0.4 is 19.7 Å². The van der Waals surface area contributed by atoms with Crippen LogP contribution in [0.4, 0.5) is 10.5 Å². The molecule has 1 heterocycles. The molecule has 9 heteroatoms. The van der Waals surface area contributed by atoms with Crippen LogP contribution in [-0.2, 0) is 9.59 Å². The fourth-order valence-corrected chi connectivity index (χ4v) is 3.23. The summed E-state index contributed by atoms with van der Waals surface area (Å²) < 4.78 is 11.6. The third kappa shape index (κ3) is 4.30. The fourth-order valence-electron chi connectivity index (χ4n) is 2.79. The summed E-state index contributed by atoms with van der Waals surface area (Å²) in [6, 6.07) is 7.93. The van der Waals surface area contributed by atoms with E-state index in [0.717, 1.165) is 11.3 Å². The molecule has 1 fully saturated rings. The number of hydrogen-bond acceptors (Lipinski definition) is 6. The number of anilines is 1. The molecule has 156 valence electrons. The molecular formula is C21H19BrN2O6. The second kappa shape index (κ2) is 9.00. The van der Waals surface area contributed by atoms with Crippen molar-refractivity contribution in [3.05, 3.63) is 52.0 Å². The Bertz CT molecular complexity index is 1030. The highest BCUT2D eigenvalue weighted by molar-refractivity contribution is 9.10. The van der Waals surface area contributed by atoms with Crippen molar-refractivity contribution in [3.8, 4) is 17.2 Å². The maximum atomic E-state index is 13.0. The number of carbonyl (C=O) groups excluding carboxylic acids is 3. The van der Waals surface area contributed by atoms with Crippen LogP contribution in [0, 0.1) is 0 Å². The molecular weight excluding hydrogens is 456 g/mol. The molecule has 0 atom stereocenters. The van der Waals surface area contributed by atoms with Crippen molar-refractivity contribution in [2.45, 2.75) is 13.3 Å². The van der Waals surface area contributed by atoms with Crippen molar-refractivity contribution in [1.82, 2.24) is 5.32 Å². The largest absolute Gasteiger partial charge is 0.508 e. The molecule has 1 aliphatic rings. The SMILES string of the molecule is CCCOc1cc(Br)c(/C=C2/C(=O)NC(=O)N(c3ccc(O)cc3)C2=O)cc1OC. The van der Waals surface area contributed by atoms with E-state index in [1.54, 1.807) is 12.1 Å². The van der Waals surface area contributed by atoms with Crippen molar-refractivity contribution in [2.75, 3.05) is 18.6 Å². The van der Waals surface area contributed by atoms with Crippen molar-refractivity contribution in [2.24, 2.45) is 0 Å². The summed E-state index contributed by atoms with van der Waals surface area (Å²) in [5.41, 5.74) is 0.482. The number of nitrogens with zero attached hydrogens (tertiary/aromatic N) is 1. The molecule has 2 N–H and O–H groups in total. The summed E-state index contributed by atoms with van der Waals surface area (Å²) >= 11 is 3.42. The Morgan fingerprint density at radius 3 is 2.47 bits per heavy atom. The van der Waals surface area contributed by atoms with Gasteiger partial charge >= 0.3 is 6.03 Å². The first-order chi connectivity index (χ1) is 14.3. The number of phenolic OH excluding ortho intramolecular Hbond substituents is 1. The number of benzene rings is 2. The van der Waals surface area contributed by atoms with Crippen molar-refractivity contribution in [3.63, 3.8) is 0 Å². The maximum Gasteiger partial charge on any atom is 0.335 e. The molecule has 0 bridgehead atoms. The topological polar surface area (TPSA) is 105 Å². The molecule has 8 nitrogen and oxygen atoms in total. The fraction of sp³-hybridized carbons (Fsp3) is 0.190. The number of phenols is 1. The average Bonchev–Trinajstić information content (AvgIpc) is 2.71. The first-order valence-corrected chi connectivity index (χ1v) is 9.85. The second-order valence-electron chi connectivity index (χ2n) is 6.35. The highest BCUT2D eigenvalue weighted by Crippen LogP contribution is 2.35. The van der Waals surface area contributed by atoms with Gasteiger partial charge < -0.3 is 14.6 Å². The minimum Gasteiger partial charge on any atom is -0.508 e. The van der Waals surface area contributed by atoms with Crippen LogP contribution in [-0.4, -0.2) is 36.7 Å². The number of hydrogen-bond donors (Lipinski definition) is 2.